The lowest BCUT2D eigenvalue weighted by atomic mass is 9.94. The van der Waals surface area contributed by atoms with Crippen LogP contribution in [0.4, 0.5) is 4.39 Å². The number of aromatic nitrogens is 1. The summed E-state index contributed by atoms with van der Waals surface area (Å²) in [6.07, 6.45) is 4.22. The van der Waals surface area contributed by atoms with E-state index in [-0.39, 0.29) is 11.7 Å². The molecular formula is C20H18ClFN2O. The fraction of sp³-hybridized carbons (Fsp3) is 0.250. The van der Waals surface area contributed by atoms with Gasteiger partial charge in [-0.25, -0.2) is 4.39 Å². The average molecular weight is 357 g/mol. The molecule has 1 fully saturated rings. The summed E-state index contributed by atoms with van der Waals surface area (Å²) >= 11 is 5.99. The third-order valence-electron chi connectivity index (χ3n) is 4.93. The maximum absolute atomic E-state index is 13.4. The zero-order chi connectivity index (χ0) is 17.4. The van der Waals surface area contributed by atoms with Crippen LogP contribution in [0.3, 0.4) is 0 Å². The van der Waals surface area contributed by atoms with E-state index in [4.69, 9.17) is 11.6 Å². The van der Waals surface area contributed by atoms with Crippen molar-refractivity contribution in [1.82, 2.24) is 10.3 Å². The summed E-state index contributed by atoms with van der Waals surface area (Å²) in [4.78, 5) is 15.9. The highest BCUT2D eigenvalue weighted by Crippen LogP contribution is 2.50. The smallest absolute Gasteiger partial charge is 0.230 e. The first-order valence-corrected chi connectivity index (χ1v) is 8.76. The van der Waals surface area contributed by atoms with Gasteiger partial charge < -0.3 is 10.3 Å². The molecule has 1 aromatic heterocycles. The van der Waals surface area contributed by atoms with Gasteiger partial charge in [-0.3, -0.25) is 4.79 Å². The minimum atomic E-state index is -0.482. The van der Waals surface area contributed by atoms with Gasteiger partial charge in [-0.15, -0.1) is 0 Å². The Labute approximate surface area is 150 Å². The van der Waals surface area contributed by atoms with Gasteiger partial charge in [0.25, 0.3) is 0 Å². The van der Waals surface area contributed by atoms with Crippen LogP contribution in [0.1, 0.15) is 24.0 Å². The standard InChI is InChI=1S/C20H18ClFN2O/c21-14-3-1-2-13(10-14)6-9-23-19(25)20(7-8-20)17-12-24-18-11-15(22)4-5-16(17)18/h1-5,10-12,24H,6-9H2,(H,23,25). The fourth-order valence-electron chi connectivity index (χ4n) is 3.42. The Balaban J connectivity index is 1.47. The zero-order valence-electron chi connectivity index (χ0n) is 13.6. The van der Waals surface area contributed by atoms with E-state index >= 15 is 0 Å². The molecule has 5 heteroatoms. The summed E-state index contributed by atoms with van der Waals surface area (Å²) in [5, 5.41) is 4.67. The van der Waals surface area contributed by atoms with Gasteiger partial charge in [0.05, 0.1) is 5.41 Å². The van der Waals surface area contributed by atoms with Crippen LogP contribution in [0.15, 0.2) is 48.7 Å². The molecule has 0 spiro atoms. The Morgan fingerprint density at radius 1 is 1.24 bits per heavy atom. The van der Waals surface area contributed by atoms with Crippen molar-refractivity contribution in [2.24, 2.45) is 0 Å². The summed E-state index contributed by atoms with van der Waals surface area (Å²) in [5.74, 6) is -0.239. The van der Waals surface area contributed by atoms with Crippen LogP contribution in [-0.4, -0.2) is 17.4 Å². The topological polar surface area (TPSA) is 44.9 Å². The summed E-state index contributed by atoms with van der Waals surface area (Å²) in [7, 11) is 0. The van der Waals surface area contributed by atoms with Gasteiger partial charge in [0.2, 0.25) is 5.91 Å². The molecular weight excluding hydrogens is 339 g/mol. The molecule has 2 N–H and O–H groups in total. The minimum Gasteiger partial charge on any atom is -0.361 e. The number of amides is 1. The van der Waals surface area contributed by atoms with Gasteiger partial charge in [0.1, 0.15) is 5.82 Å². The van der Waals surface area contributed by atoms with Crippen LogP contribution >= 0.6 is 11.6 Å². The van der Waals surface area contributed by atoms with E-state index in [0.717, 1.165) is 41.3 Å². The van der Waals surface area contributed by atoms with Crippen LogP contribution in [-0.2, 0) is 16.6 Å². The number of rotatable bonds is 5. The van der Waals surface area contributed by atoms with Crippen molar-refractivity contribution in [2.75, 3.05) is 6.54 Å². The average Bonchev–Trinajstić information content (AvgIpc) is 3.29. The highest BCUT2D eigenvalue weighted by Gasteiger charge is 2.52. The van der Waals surface area contributed by atoms with Crippen molar-refractivity contribution < 1.29 is 9.18 Å². The van der Waals surface area contributed by atoms with Crippen molar-refractivity contribution in [1.29, 1.82) is 0 Å². The van der Waals surface area contributed by atoms with E-state index in [0.29, 0.717) is 11.6 Å². The lowest BCUT2D eigenvalue weighted by Crippen LogP contribution is -2.35. The first-order chi connectivity index (χ1) is 12.1. The highest BCUT2D eigenvalue weighted by atomic mass is 35.5. The molecule has 0 aliphatic heterocycles. The molecule has 0 atom stereocenters. The predicted molar refractivity (Wildman–Crippen MR) is 97.3 cm³/mol. The Bertz CT molecular complexity index is 946. The second-order valence-corrected chi connectivity index (χ2v) is 7.05. The quantitative estimate of drug-likeness (QED) is 0.701. The largest absolute Gasteiger partial charge is 0.361 e. The fourth-order valence-corrected chi connectivity index (χ4v) is 3.63. The monoisotopic (exact) mass is 356 g/mol. The Kier molecular flexibility index (Phi) is 4.00. The van der Waals surface area contributed by atoms with E-state index in [1.54, 1.807) is 6.07 Å². The van der Waals surface area contributed by atoms with Gasteiger partial charge in [-0.05, 0) is 60.7 Å². The molecule has 1 aliphatic carbocycles. The number of carbonyl (C=O) groups excluding carboxylic acids is 1. The molecule has 0 radical (unpaired) electrons. The third kappa shape index (κ3) is 3.02. The van der Waals surface area contributed by atoms with Crippen LogP contribution < -0.4 is 5.32 Å². The summed E-state index contributed by atoms with van der Waals surface area (Å²) in [6.45, 7) is 0.567. The molecule has 1 amide bonds. The molecule has 3 aromatic rings. The minimum absolute atomic E-state index is 0.0414. The van der Waals surface area contributed by atoms with Crippen LogP contribution in [0.25, 0.3) is 10.9 Å². The SMILES string of the molecule is O=C(NCCc1cccc(Cl)c1)C1(c2c[nH]c3cc(F)ccc23)CC1. The maximum atomic E-state index is 13.4. The first-order valence-electron chi connectivity index (χ1n) is 8.38. The van der Waals surface area contributed by atoms with E-state index < -0.39 is 5.41 Å². The Morgan fingerprint density at radius 3 is 2.84 bits per heavy atom. The lowest BCUT2D eigenvalue weighted by molar-refractivity contribution is -0.123. The molecule has 1 saturated carbocycles. The van der Waals surface area contributed by atoms with Crippen LogP contribution in [0.5, 0.6) is 0 Å². The van der Waals surface area contributed by atoms with Gasteiger partial charge in [0.15, 0.2) is 0 Å². The second-order valence-electron chi connectivity index (χ2n) is 6.61. The van der Waals surface area contributed by atoms with Gasteiger partial charge in [-0.2, -0.15) is 0 Å². The van der Waals surface area contributed by atoms with Crippen molar-refractivity contribution >= 4 is 28.4 Å². The third-order valence-corrected chi connectivity index (χ3v) is 5.17. The number of nitrogens with one attached hydrogen (secondary N) is 2. The van der Waals surface area contributed by atoms with Crippen molar-refractivity contribution in [3.63, 3.8) is 0 Å². The normalized spacial score (nSPS) is 15.3. The van der Waals surface area contributed by atoms with Crippen molar-refractivity contribution in [2.45, 2.75) is 24.7 Å². The van der Waals surface area contributed by atoms with Gasteiger partial charge >= 0.3 is 0 Å². The molecule has 3 nitrogen and oxygen atoms in total. The van der Waals surface area contributed by atoms with E-state index in [9.17, 15) is 9.18 Å². The zero-order valence-corrected chi connectivity index (χ0v) is 14.4. The number of hydrogen-bond donors (Lipinski definition) is 2. The number of carbonyl (C=O) groups is 1. The first kappa shape index (κ1) is 16.2. The molecule has 0 unspecified atom stereocenters. The van der Waals surface area contributed by atoms with Crippen molar-refractivity contribution in [3.05, 3.63) is 70.6 Å². The van der Waals surface area contributed by atoms with Gasteiger partial charge in [0, 0.05) is 28.7 Å². The van der Waals surface area contributed by atoms with Crippen LogP contribution in [0, 0.1) is 5.82 Å². The molecule has 0 saturated heterocycles. The number of aromatic amines is 1. The number of halogens is 2. The molecule has 4 rings (SSSR count). The Hall–Kier alpha value is -2.33. The summed E-state index contributed by atoms with van der Waals surface area (Å²) in [6, 6.07) is 12.3. The Morgan fingerprint density at radius 2 is 2.08 bits per heavy atom. The van der Waals surface area contributed by atoms with E-state index in [1.165, 1.54) is 12.1 Å². The van der Waals surface area contributed by atoms with E-state index in [2.05, 4.69) is 10.3 Å². The van der Waals surface area contributed by atoms with E-state index in [1.807, 2.05) is 30.5 Å². The number of H-pyrrole nitrogens is 1. The molecule has 2 aromatic carbocycles. The maximum Gasteiger partial charge on any atom is 0.230 e. The molecule has 128 valence electrons. The highest BCUT2D eigenvalue weighted by molar-refractivity contribution is 6.30. The molecule has 0 bridgehead atoms. The lowest BCUT2D eigenvalue weighted by Gasteiger charge is -2.15. The summed E-state index contributed by atoms with van der Waals surface area (Å²) < 4.78 is 13.4. The molecule has 1 aliphatic rings. The van der Waals surface area contributed by atoms with Crippen LogP contribution in [0.2, 0.25) is 5.02 Å². The molecule has 1 heterocycles. The predicted octanol–water partition coefficient (Wildman–Crippen LogP) is 4.35. The molecule has 25 heavy (non-hydrogen) atoms. The summed E-state index contributed by atoms with van der Waals surface area (Å²) in [5.41, 5.74) is 2.31. The number of hydrogen-bond acceptors (Lipinski definition) is 1. The number of benzene rings is 2. The van der Waals surface area contributed by atoms with Crippen molar-refractivity contribution in [3.8, 4) is 0 Å². The van der Waals surface area contributed by atoms with Gasteiger partial charge in [-0.1, -0.05) is 23.7 Å². The second kappa shape index (κ2) is 6.19. The number of fused-ring (bicyclic) bond motifs is 1.